The van der Waals surface area contributed by atoms with E-state index in [1.165, 1.54) is 0 Å². The summed E-state index contributed by atoms with van der Waals surface area (Å²) in [6.45, 7) is 2.19. The van der Waals surface area contributed by atoms with E-state index in [9.17, 15) is 4.79 Å². The van der Waals surface area contributed by atoms with Gasteiger partial charge < -0.3 is 4.90 Å². The predicted molar refractivity (Wildman–Crippen MR) is 75.0 cm³/mol. The van der Waals surface area contributed by atoms with Crippen molar-refractivity contribution in [3.63, 3.8) is 0 Å². The second-order valence-electron chi connectivity index (χ2n) is 4.64. The first-order valence-electron chi connectivity index (χ1n) is 6.29. The van der Waals surface area contributed by atoms with Crippen molar-refractivity contribution < 1.29 is 4.79 Å². The van der Waals surface area contributed by atoms with Crippen LogP contribution < -0.4 is 5.32 Å². The number of hydrogen-bond acceptors (Lipinski definition) is 2. The summed E-state index contributed by atoms with van der Waals surface area (Å²) in [7, 11) is 0. The summed E-state index contributed by atoms with van der Waals surface area (Å²) in [5.74, 6) is 2.74. The Balaban J connectivity index is 2.37. The molecule has 0 aliphatic carbocycles. The zero-order chi connectivity index (χ0) is 13.9. The van der Waals surface area contributed by atoms with Gasteiger partial charge in [-0.2, -0.15) is 0 Å². The summed E-state index contributed by atoms with van der Waals surface area (Å²) in [5, 5.41) is 10.7. The van der Waals surface area contributed by atoms with Gasteiger partial charge in [0.1, 0.15) is 11.4 Å². The van der Waals surface area contributed by atoms with Crippen LogP contribution in [0, 0.1) is 17.8 Å². The van der Waals surface area contributed by atoms with E-state index < -0.39 is 5.54 Å². The van der Waals surface area contributed by atoms with Gasteiger partial charge in [0.25, 0.3) is 0 Å². The SMILES string of the molecule is C#CCN1C(=O)NC(=N)C1(CC)Cc1ccccc1. The standard InChI is InChI=1S/C15H17N3O/c1-3-10-18-14(19)17-13(16)15(18,4-2)11-12-8-6-5-7-9-12/h1,5-9H,4,10-11H2,2H3,(H2,16,17,19). The summed E-state index contributed by atoms with van der Waals surface area (Å²) in [5.41, 5.74) is 0.442. The third-order valence-corrected chi connectivity index (χ3v) is 3.63. The van der Waals surface area contributed by atoms with Crippen LogP contribution in [0.15, 0.2) is 30.3 Å². The van der Waals surface area contributed by atoms with Crippen LogP contribution in [0.4, 0.5) is 4.79 Å². The van der Waals surface area contributed by atoms with Crippen LogP contribution in [0.5, 0.6) is 0 Å². The highest BCUT2D eigenvalue weighted by Crippen LogP contribution is 2.29. The minimum atomic E-state index is -0.648. The van der Waals surface area contributed by atoms with Crippen LogP contribution in [0.3, 0.4) is 0 Å². The van der Waals surface area contributed by atoms with Crippen molar-refractivity contribution in [2.24, 2.45) is 0 Å². The minimum Gasteiger partial charge on any atom is -0.300 e. The normalized spacial score (nSPS) is 22.2. The number of nitrogens with zero attached hydrogens (tertiary/aromatic N) is 1. The lowest BCUT2D eigenvalue weighted by atomic mass is 9.86. The summed E-state index contributed by atoms with van der Waals surface area (Å²) in [6.07, 6.45) is 6.60. The molecule has 19 heavy (non-hydrogen) atoms. The fourth-order valence-corrected chi connectivity index (χ4v) is 2.54. The van der Waals surface area contributed by atoms with Crippen LogP contribution in [-0.4, -0.2) is 28.9 Å². The Hall–Kier alpha value is -2.28. The van der Waals surface area contributed by atoms with E-state index in [-0.39, 0.29) is 18.4 Å². The van der Waals surface area contributed by atoms with Crippen molar-refractivity contribution in [2.75, 3.05) is 6.54 Å². The van der Waals surface area contributed by atoms with Gasteiger partial charge in [-0.05, 0) is 12.0 Å². The molecule has 98 valence electrons. The average molecular weight is 255 g/mol. The van der Waals surface area contributed by atoms with E-state index in [1.807, 2.05) is 37.3 Å². The van der Waals surface area contributed by atoms with Gasteiger partial charge in [-0.15, -0.1) is 6.42 Å². The molecule has 0 bridgehead atoms. The molecule has 2 N–H and O–H groups in total. The Bertz CT molecular complexity index is 532. The van der Waals surface area contributed by atoms with Crippen LogP contribution in [0.25, 0.3) is 0 Å². The summed E-state index contributed by atoms with van der Waals surface area (Å²) in [4.78, 5) is 13.5. The second-order valence-corrected chi connectivity index (χ2v) is 4.64. The lowest BCUT2D eigenvalue weighted by molar-refractivity contribution is 0.180. The molecule has 1 heterocycles. The number of amidine groups is 1. The molecule has 0 saturated carbocycles. The maximum atomic E-state index is 11.9. The van der Waals surface area contributed by atoms with E-state index >= 15 is 0 Å². The topological polar surface area (TPSA) is 56.2 Å². The van der Waals surface area contributed by atoms with E-state index in [4.69, 9.17) is 11.8 Å². The van der Waals surface area contributed by atoms with Gasteiger partial charge in [0, 0.05) is 6.42 Å². The Morgan fingerprint density at radius 2 is 2.11 bits per heavy atom. The molecule has 1 aromatic carbocycles. The molecule has 1 aromatic rings. The summed E-state index contributed by atoms with van der Waals surface area (Å²) < 4.78 is 0. The smallest absolute Gasteiger partial charge is 0.300 e. The molecule has 0 aromatic heterocycles. The Labute approximate surface area is 113 Å². The largest absolute Gasteiger partial charge is 0.324 e. The Kier molecular flexibility index (Phi) is 3.57. The second kappa shape index (κ2) is 5.15. The van der Waals surface area contributed by atoms with E-state index in [1.54, 1.807) is 4.90 Å². The van der Waals surface area contributed by atoms with Gasteiger partial charge in [-0.25, -0.2) is 4.79 Å². The predicted octanol–water partition coefficient (Wildman–Crippen LogP) is 2.01. The number of urea groups is 1. The van der Waals surface area contributed by atoms with Crippen LogP contribution in [-0.2, 0) is 6.42 Å². The number of terminal acetylenes is 1. The number of carbonyl (C=O) groups excluding carboxylic acids is 1. The van der Waals surface area contributed by atoms with Gasteiger partial charge in [-0.1, -0.05) is 43.2 Å². The first-order chi connectivity index (χ1) is 9.14. The first kappa shape index (κ1) is 13.2. The number of hydrogen-bond donors (Lipinski definition) is 2. The molecule has 4 heteroatoms. The summed E-state index contributed by atoms with van der Waals surface area (Å²) >= 11 is 0. The quantitative estimate of drug-likeness (QED) is 0.794. The maximum Gasteiger partial charge on any atom is 0.324 e. The number of amides is 2. The lowest BCUT2D eigenvalue weighted by Gasteiger charge is -2.35. The molecule has 1 saturated heterocycles. The van der Waals surface area contributed by atoms with Crippen molar-refractivity contribution in [2.45, 2.75) is 25.3 Å². The van der Waals surface area contributed by atoms with Crippen LogP contribution in [0.2, 0.25) is 0 Å². The van der Waals surface area contributed by atoms with Crippen molar-refractivity contribution in [1.82, 2.24) is 10.2 Å². The van der Waals surface area contributed by atoms with Crippen LogP contribution >= 0.6 is 0 Å². The number of nitrogens with one attached hydrogen (secondary N) is 2. The van der Waals surface area contributed by atoms with Crippen molar-refractivity contribution in [3.8, 4) is 12.3 Å². The molecule has 0 spiro atoms. The molecule has 4 nitrogen and oxygen atoms in total. The van der Waals surface area contributed by atoms with Gasteiger partial charge >= 0.3 is 6.03 Å². The average Bonchev–Trinajstić information content (AvgIpc) is 2.65. The zero-order valence-corrected chi connectivity index (χ0v) is 10.9. The molecule has 1 aliphatic rings. The molecule has 1 aliphatic heterocycles. The Morgan fingerprint density at radius 3 is 2.68 bits per heavy atom. The van der Waals surface area contributed by atoms with Gasteiger partial charge in [0.05, 0.1) is 6.54 Å². The number of carbonyl (C=O) groups is 1. The third kappa shape index (κ3) is 2.19. The molecule has 1 atom stereocenters. The van der Waals surface area contributed by atoms with Gasteiger partial charge in [0.15, 0.2) is 0 Å². The van der Waals surface area contributed by atoms with Crippen LogP contribution in [0.1, 0.15) is 18.9 Å². The number of benzene rings is 1. The van der Waals surface area contributed by atoms with Crippen molar-refractivity contribution >= 4 is 11.9 Å². The molecule has 2 rings (SSSR count). The Morgan fingerprint density at radius 1 is 1.42 bits per heavy atom. The van der Waals surface area contributed by atoms with Gasteiger partial charge in [-0.3, -0.25) is 10.7 Å². The first-order valence-corrected chi connectivity index (χ1v) is 6.29. The zero-order valence-electron chi connectivity index (χ0n) is 10.9. The third-order valence-electron chi connectivity index (χ3n) is 3.63. The van der Waals surface area contributed by atoms with E-state index in [2.05, 4.69) is 11.2 Å². The lowest BCUT2D eigenvalue weighted by Crippen LogP contribution is -2.51. The number of rotatable bonds is 4. The molecule has 0 radical (unpaired) electrons. The van der Waals surface area contributed by atoms with Crippen molar-refractivity contribution in [1.29, 1.82) is 5.41 Å². The highest BCUT2D eigenvalue weighted by molar-refractivity contribution is 6.08. The highest BCUT2D eigenvalue weighted by Gasteiger charge is 2.48. The van der Waals surface area contributed by atoms with E-state index in [0.29, 0.717) is 12.8 Å². The molecule has 2 amide bonds. The monoisotopic (exact) mass is 255 g/mol. The highest BCUT2D eigenvalue weighted by atomic mass is 16.2. The fraction of sp³-hybridized carbons (Fsp3) is 0.333. The molecular weight excluding hydrogens is 238 g/mol. The van der Waals surface area contributed by atoms with E-state index in [0.717, 1.165) is 5.56 Å². The van der Waals surface area contributed by atoms with Gasteiger partial charge in [0.2, 0.25) is 0 Å². The maximum absolute atomic E-state index is 11.9. The molecule has 1 fully saturated rings. The minimum absolute atomic E-state index is 0.217. The molecular formula is C15H17N3O. The molecule has 1 unspecified atom stereocenters. The fourth-order valence-electron chi connectivity index (χ4n) is 2.54. The summed E-state index contributed by atoms with van der Waals surface area (Å²) in [6, 6.07) is 9.59. The van der Waals surface area contributed by atoms with Crippen molar-refractivity contribution in [3.05, 3.63) is 35.9 Å².